The van der Waals surface area contributed by atoms with Crippen molar-refractivity contribution in [2.24, 2.45) is 0 Å². The summed E-state index contributed by atoms with van der Waals surface area (Å²) in [7, 11) is 0. The van der Waals surface area contributed by atoms with Crippen LogP contribution < -0.4 is 25.5 Å². The Morgan fingerprint density at radius 2 is 1.14 bits per heavy atom. The molecule has 7 aromatic carbocycles. The Morgan fingerprint density at radius 1 is 0.526 bits per heavy atom. The summed E-state index contributed by atoms with van der Waals surface area (Å²) < 4.78 is 1.42. The van der Waals surface area contributed by atoms with E-state index in [-0.39, 0.29) is 12.1 Å². The van der Waals surface area contributed by atoms with Gasteiger partial charge in [0.05, 0.1) is 11.1 Å². The first-order valence-electron chi connectivity index (χ1n) is 20.2. The molecule has 2 aliphatic carbocycles. The smallest absolute Gasteiger partial charge is 0.264 e. The van der Waals surface area contributed by atoms with Crippen LogP contribution in [0, 0.1) is 13.8 Å². The number of hydrogen-bond donors (Lipinski definition) is 0. The van der Waals surface area contributed by atoms with E-state index < -0.39 is 5.41 Å². The molecule has 0 saturated carbocycles. The third-order valence-corrected chi connectivity index (χ3v) is 14.4. The molecule has 0 radical (unpaired) electrons. The van der Waals surface area contributed by atoms with Crippen LogP contribution >= 0.6 is 11.3 Å². The molecule has 57 heavy (non-hydrogen) atoms. The summed E-state index contributed by atoms with van der Waals surface area (Å²) >= 11 is 2.06. The molecule has 0 unspecified atom stereocenters. The highest BCUT2D eigenvalue weighted by Gasteiger charge is 2.56. The minimum atomic E-state index is -0.409. The molecule has 1 spiro atoms. The van der Waals surface area contributed by atoms with Crippen molar-refractivity contribution in [3.05, 3.63) is 196 Å². The zero-order valence-electron chi connectivity index (χ0n) is 32.9. The van der Waals surface area contributed by atoms with Crippen molar-refractivity contribution in [2.45, 2.75) is 45.4 Å². The summed E-state index contributed by atoms with van der Waals surface area (Å²) in [4.78, 5) is 6.59. The predicted octanol–water partition coefficient (Wildman–Crippen LogP) is 12.1. The Hall–Kier alpha value is -6.10. The molecule has 12 rings (SSSR count). The summed E-state index contributed by atoms with van der Waals surface area (Å²) in [6, 6.07) is 60.1. The SMILES string of the molecule is Cc1cc2c3c(c1)N(c1ccccc1)c1c(sc4c1-c1ccc(C)cc1C41c4ccccc4-c4ccccc41)B3c1ccccc1N2c1ccc(C(C)(C)C)cc1. The number of anilines is 6. The van der Waals surface area contributed by atoms with Gasteiger partial charge >= 0.3 is 0 Å². The fourth-order valence-electron chi connectivity index (χ4n) is 10.7. The summed E-state index contributed by atoms with van der Waals surface area (Å²) in [5.41, 5.74) is 23.4. The number of fused-ring (bicyclic) bond motifs is 15. The number of para-hydroxylation sites is 2. The number of rotatable bonds is 2. The van der Waals surface area contributed by atoms with E-state index in [1.165, 1.54) is 110 Å². The maximum absolute atomic E-state index is 2.62. The molecule has 0 saturated heterocycles. The van der Waals surface area contributed by atoms with Gasteiger partial charge < -0.3 is 9.80 Å². The van der Waals surface area contributed by atoms with Crippen LogP contribution in [-0.4, -0.2) is 6.71 Å². The molecule has 272 valence electrons. The number of thiophene rings is 1. The first kappa shape index (κ1) is 33.1. The van der Waals surface area contributed by atoms with Crippen molar-refractivity contribution < 1.29 is 0 Å². The molecular weight excluding hydrogens is 707 g/mol. The van der Waals surface area contributed by atoms with Crippen molar-refractivity contribution in [3.8, 4) is 22.3 Å². The van der Waals surface area contributed by atoms with Gasteiger partial charge in [0.1, 0.15) is 0 Å². The maximum Gasteiger partial charge on any atom is 0.264 e. The highest BCUT2D eigenvalue weighted by atomic mass is 32.1. The summed E-state index contributed by atoms with van der Waals surface area (Å²) in [6.45, 7) is 11.5. The molecule has 4 heteroatoms. The van der Waals surface area contributed by atoms with Crippen molar-refractivity contribution >= 4 is 67.9 Å². The molecule has 4 aliphatic rings. The summed E-state index contributed by atoms with van der Waals surface area (Å²) in [5, 5.41) is 0. The molecule has 0 fully saturated rings. The molecule has 2 aliphatic heterocycles. The molecule has 0 atom stereocenters. The van der Waals surface area contributed by atoms with E-state index in [1.54, 1.807) is 0 Å². The quantitative estimate of drug-likeness (QED) is 0.162. The second-order valence-electron chi connectivity index (χ2n) is 17.4. The van der Waals surface area contributed by atoms with Crippen LogP contribution in [0.4, 0.5) is 34.1 Å². The summed E-state index contributed by atoms with van der Waals surface area (Å²) in [6.07, 6.45) is 0. The minimum absolute atomic E-state index is 0.0697. The van der Waals surface area contributed by atoms with Crippen molar-refractivity contribution in [3.63, 3.8) is 0 Å². The van der Waals surface area contributed by atoms with E-state index in [9.17, 15) is 0 Å². The normalized spacial score (nSPS) is 14.8. The van der Waals surface area contributed by atoms with Crippen LogP contribution in [0.3, 0.4) is 0 Å². The Balaban J connectivity index is 1.21. The third-order valence-electron chi connectivity index (χ3n) is 13.1. The third kappa shape index (κ3) is 4.26. The minimum Gasteiger partial charge on any atom is -0.311 e. The van der Waals surface area contributed by atoms with Crippen LogP contribution in [0.1, 0.15) is 59.0 Å². The highest BCUT2D eigenvalue weighted by Crippen LogP contribution is 2.67. The van der Waals surface area contributed by atoms with Gasteiger partial charge in [-0.05, 0) is 117 Å². The van der Waals surface area contributed by atoms with Gasteiger partial charge in [-0.15, -0.1) is 11.3 Å². The van der Waals surface area contributed by atoms with Gasteiger partial charge in [-0.25, -0.2) is 0 Å². The zero-order chi connectivity index (χ0) is 38.4. The van der Waals surface area contributed by atoms with Gasteiger partial charge in [0.25, 0.3) is 6.71 Å². The lowest BCUT2D eigenvalue weighted by atomic mass is 9.36. The van der Waals surface area contributed by atoms with Crippen molar-refractivity contribution in [2.75, 3.05) is 9.80 Å². The second kappa shape index (κ2) is 11.5. The van der Waals surface area contributed by atoms with E-state index >= 15 is 0 Å². The van der Waals surface area contributed by atoms with Crippen molar-refractivity contribution in [1.82, 2.24) is 0 Å². The average molecular weight is 749 g/mol. The molecule has 8 aromatic rings. The number of hydrogen-bond acceptors (Lipinski definition) is 3. The Morgan fingerprint density at radius 3 is 1.84 bits per heavy atom. The molecular formula is C53H41BN2S. The van der Waals surface area contributed by atoms with Crippen LogP contribution in [0.5, 0.6) is 0 Å². The molecule has 1 aromatic heterocycles. The van der Waals surface area contributed by atoms with Gasteiger partial charge in [0, 0.05) is 43.7 Å². The van der Waals surface area contributed by atoms with Crippen LogP contribution in [0.25, 0.3) is 22.3 Å². The Bertz CT molecular complexity index is 2940. The first-order chi connectivity index (χ1) is 27.7. The number of aryl methyl sites for hydroxylation is 2. The van der Waals surface area contributed by atoms with Gasteiger partial charge in [-0.3, -0.25) is 0 Å². The lowest BCUT2D eigenvalue weighted by molar-refractivity contribution is 0.590. The number of nitrogens with zero attached hydrogens (tertiary/aromatic N) is 2. The molecule has 0 N–H and O–H groups in total. The van der Waals surface area contributed by atoms with Crippen molar-refractivity contribution in [1.29, 1.82) is 0 Å². The van der Waals surface area contributed by atoms with E-state index in [4.69, 9.17) is 0 Å². The van der Waals surface area contributed by atoms with Gasteiger partial charge in [-0.2, -0.15) is 0 Å². The monoisotopic (exact) mass is 748 g/mol. The van der Waals surface area contributed by atoms with Gasteiger partial charge in [0.15, 0.2) is 0 Å². The maximum atomic E-state index is 2.62. The fraction of sp³-hybridized carbons (Fsp3) is 0.132. The Labute approximate surface area is 339 Å². The van der Waals surface area contributed by atoms with E-state index in [2.05, 4.69) is 213 Å². The zero-order valence-corrected chi connectivity index (χ0v) is 33.7. The van der Waals surface area contributed by atoms with E-state index in [0.717, 1.165) is 0 Å². The molecule has 2 nitrogen and oxygen atoms in total. The van der Waals surface area contributed by atoms with Crippen LogP contribution in [-0.2, 0) is 10.8 Å². The summed E-state index contributed by atoms with van der Waals surface area (Å²) in [5.74, 6) is 0. The van der Waals surface area contributed by atoms with Gasteiger partial charge in [-0.1, -0.05) is 142 Å². The molecule has 0 amide bonds. The van der Waals surface area contributed by atoms with E-state index in [1.807, 2.05) is 0 Å². The lowest BCUT2D eigenvalue weighted by Crippen LogP contribution is -2.60. The second-order valence-corrected chi connectivity index (χ2v) is 18.5. The standard InChI is InChI=1S/C53H41BN2S/c1-32-23-28-39-42(29-32)53(40-19-11-9-17-37(40)38-18-10-12-20-41(38)53)50-47(39)49-51(57-50)54-43-21-13-14-22-44(43)55(36-26-24-34(25-27-36)52(3,4)5)45-30-33(2)31-46(48(45)54)56(49)35-15-7-6-8-16-35/h6-31H,1-5H3. The Kier molecular flexibility index (Phi) is 6.67. The fourth-order valence-corrected chi connectivity index (χ4v) is 12.4. The average Bonchev–Trinajstić information content (AvgIpc) is 3.84. The highest BCUT2D eigenvalue weighted by molar-refractivity contribution is 7.30. The van der Waals surface area contributed by atoms with E-state index in [0.29, 0.717) is 0 Å². The first-order valence-corrected chi connectivity index (χ1v) is 21.0. The predicted molar refractivity (Wildman–Crippen MR) is 243 cm³/mol. The lowest BCUT2D eigenvalue weighted by Gasteiger charge is -2.43. The number of benzene rings is 7. The van der Waals surface area contributed by atoms with Crippen LogP contribution in [0.2, 0.25) is 0 Å². The molecule has 0 bridgehead atoms. The topological polar surface area (TPSA) is 6.48 Å². The van der Waals surface area contributed by atoms with Gasteiger partial charge in [0.2, 0.25) is 0 Å². The molecule has 3 heterocycles. The van der Waals surface area contributed by atoms with Crippen LogP contribution in [0.15, 0.2) is 158 Å². The largest absolute Gasteiger partial charge is 0.311 e.